The lowest BCUT2D eigenvalue weighted by atomic mass is 9.96. The molecule has 1 amide bonds. The number of carboxylic acids is 1. The molecule has 0 heterocycles. The number of hydrogen-bond acceptors (Lipinski definition) is 2. The van der Waals surface area contributed by atoms with Gasteiger partial charge >= 0.3 is 5.97 Å². The summed E-state index contributed by atoms with van der Waals surface area (Å²) in [5.74, 6) is -1.39. The second kappa shape index (κ2) is 6.59. The van der Waals surface area contributed by atoms with E-state index in [1.807, 2.05) is 0 Å². The molecule has 6 heteroatoms. The Balaban J connectivity index is 1.97. The number of nitrogens with one attached hydrogen (secondary N) is 1. The van der Waals surface area contributed by atoms with Crippen LogP contribution in [0.25, 0.3) is 0 Å². The van der Waals surface area contributed by atoms with Gasteiger partial charge in [0.1, 0.15) is 0 Å². The fourth-order valence-electron chi connectivity index (χ4n) is 2.60. The highest BCUT2D eigenvalue weighted by Crippen LogP contribution is 2.31. The first-order chi connectivity index (χ1) is 9.49. The highest BCUT2D eigenvalue weighted by molar-refractivity contribution is 9.10. The van der Waals surface area contributed by atoms with Gasteiger partial charge < -0.3 is 10.4 Å². The van der Waals surface area contributed by atoms with E-state index in [9.17, 15) is 9.59 Å². The number of rotatable bonds is 4. The first-order valence-corrected chi connectivity index (χ1v) is 7.62. The van der Waals surface area contributed by atoms with E-state index < -0.39 is 5.97 Å². The third-order valence-corrected chi connectivity index (χ3v) is 4.48. The summed E-state index contributed by atoms with van der Waals surface area (Å²) in [6.45, 7) is 0.377. The van der Waals surface area contributed by atoms with Crippen LogP contribution in [-0.2, 0) is 4.79 Å². The first-order valence-electron chi connectivity index (χ1n) is 6.45. The maximum Gasteiger partial charge on any atom is 0.306 e. The molecule has 0 aromatic heterocycles. The molecule has 2 N–H and O–H groups in total. The lowest BCUT2D eigenvalue weighted by Gasteiger charge is -2.16. The average Bonchev–Trinajstić information content (AvgIpc) is 2.84. The second-order valence-electron chi connectivity index (χ2n) is 4.97. The fourth-order valence-corrected chi connectivity index (χ4v) is 3.36. The first kappa shape index (κ1) is 15.3. The SMILES string of the molecule is O=C(NCC1CCCC1C(=O)O)c1ccc(Br)cc1Cl. The van der Waals surface area contributed by atoms with Crippen molar-refractivity contribution in [2.75, 3.05) is 6.54 Å². The molecule has 1 saturated carbocycles. The Labute approximate surface area is 130 Å². The molecule has 2 unspecified atom stereocenters. The van der Waals surface area contributed by atoms with E-state index in [-0.39, 0.29) is 17.7 Å². The molecule has 2 atom stereocenters. The van der Waals surface area contributed by atoms with Crippen molar-refractivity contribution in [3.8, 4) is 0 Å². The summed E-state index contributed by atoms with van der Waals surface area (Å²) in [4.78, 5) is 23.1. The number of amides is 1. The molecular weight excluding hydrogens is 346 g/mol. The molecule has 2 rings (SSSR count). The molecule has 1 aliphatic rings. The van der Waals surface area contributed by atoms with Gasteiger partial charge in [-0.1, -0.05) is 34.0 Å². The molecule has 0 spiro atoms. The van der Waals surface area contributed by atoms with Gasteiger partial charge in [0.2, 0.25) is 0 Å². The molecule has 0 radical (unpaired) electrons. The minimum Gasteiger partial charge on any atom is -0.481 e. The lowest BCUT2D eigenvalue weighted by molar-refractivity contribution is -0.142. The van der Waals surface area contributed by atoms with Crippen molar-refractivity contribution in [1.29, 1.82) is 0 Å². The van der Waals surface area contributed by atoms with Gasteiger partial charge in [0.15, 0.2) is 0 Å². The van der Waals surface area contributed by atoms with Gasteiger partial charge in [-0.05, 0) is 37.0 Å². The number of carbonyl (C=O) groups excluding carboxylic acids is 1. The predicted octanol–water partition coefficient (Wildman–Crippen LogP) is 3.33. The molecule has 0 saturated heterocycles. The van der Waals surface area contributed by atoms with Crippen LogP contribution in [0, 0.1) is 11.8 Å². The molecule has 1 aromatic carbocycles. The van der Waals surface area contributed by atoms with Crippen LogP contribution in [0.4, 0.5) is 0 Å². The third-order valence-electron chi connectivity index (χ3n) is 3.68. The van der Waals surface area contributed by atoms with Crippen LogP contribution in [0.15, 0.2) is 22.7 Å². The Morgan fingerprint density at radius 2 is 2.15 bits per heavy atom. The van der Waals surface area contributed by atoms with E-state index in [1.54, 1.807) is 18.2 Å². The normalized spacial score (nSPS) is 21.7. The van der Waals surface area contributed by atoms with Crippen molar-refractivity contribution >= 4 is 39.4 Å². The number of halogens is 2. The van der Waals surface area contributed by atoms with Crippen molar-refractivity contribution in [3.05, 3.63) is 33.3 Å². The average molecular weight is 361 g/mol. The topological polar surface area (TPSA) is 66.4 Å². The number of benzene rings is 1. The van der Waals surface area contributed by atoms with Crippen LogP contribution in [0.1, 0.15) is 29.6 Å². The smallest absolute Gasteiger partial charge is 0.306 e. The van der Waals surface area contributed by atoms with Crippen molar-refractivity contribution in [1.82, 2.24) is 5.32 Å². The van der Waals surface area contributed by atoms with E-state index in [4.69, 9.17) is 16.7 Å². The standard InChI is InChI=1S/C14H15BrClNO3/c15-9-4-5-11(12(16)6-9)13(18)17-7-8-2-1-3-10(8)14(19)20/h4-6,8,10H,1-3,7H2,(H,17,18)(H,19,20). The summed E-state index contributed by atoms with van der Waals surface area (Å²) < 4.78 is 0.806. The van der Waals surface area contributed by atoms with E-state index in [1.165, 1.54) is 0 Å². The van der Waals surface area contributed by atoms with Crippen molar-refractivity contribution in [2.45, 2.75) is 19.3 Å². The van der Waals surface area contributed by atoms with E-state index >= 15 is 0 Å². The zero-order valence-electron chi connectivity index (χ0n) is 10.7. The Morgan fingerprint density at radius 3 is 2.80 bits per heavy atom. The van der Waals surface area contributed by atoms with Crippen LogP contribution >= 0.6 is 27.5 Å². The molecule has 1 aromatic rings. The predicted molar refractivity (Wildman–Crippen MR) is 80.0 cm³/mol. The summed E-state index contributed by atoms with van der Waals surface area (Å²) >= 11 is 9.29. The highest BCUT2D eigenvalue weighted by atomic mass is 79.9. The van der Waals surface area contributed by atoms with Gasteiger partial charge in [0, 0.05) is 11.0 Å². The van der Waals surface area contributed by atoms with Crippen molar-refractivity contribution < 1.29 is 14.7 Å². The summed E-state index contributed by atoms with van der Waals surface area (Å²) in [6.07, 6.45) is 2.43. The van der Waals surface area contributed by atoms with Crippen molar-refractivity contribution in [2.24, 2.45) is 11.8 Å². The molecule has 1 fully saturated rings. The monoisotopic (exact) mass is 359 g/mol. The number of carbonyl (C=O) groups is 2. The minimum atomic E-state index is -0.775. The van der Waals surface area contributed by atoms with Gasteiger partial charge in [-0.3, -0.25) is 9.59 Å². The Hall–Kier alpha value is -1.07. The number of hydrogen-bond donors (Lipinski definition) is 2. The molecular formula is C14H15BrClNO3. The summed E-state index contributed by atoms with van der Waals surface area (Å²) in [5.41, 5.74) is 0.403. The largest absolute Gasteiger partial charge is 0.481 e. The van der Waals surface area contributed by atoms with Gasteiger partial charge in [-0.25, -0.2) is 0 Å². The van der Waals surface area contributed by atoms with Crippen molar-refractivity contribution in [3.63, 3.8) is 0 Å². The molecule has 0 bridgehead atoms. The lowest BCUT2D eigenvalue weighted by Crippen LogP contribution is -2.33. The molecule has 20 heavy (non-hydrogen) atoms. The second-order valence-corrected chi connectivity index (χ2v) is 6.29. The molecule has 1 aliphatic carbocycles. The van der Waals surface area contributed by atoms with Gasteiger partial charge in [0.25, 0.3) is 5.91 Å². The van der Waals surface area contributed by atoms with Crippen LogP contribution in [-0.4, -0.2) is 23.5 Å². The van der Waals surface area contributed by atoms with Crippen LogP contribution in [0.5, 0.6) is 0 Å². The van der Waals surface area contributed by atoms with E-state index in [0.29, 0.717) is 23.6 Å². The van der Waals surface area contributed by atoms with Gasteiger partial charge in [-0.15, -0.1) is 0 Å². The number of aliphatic carboxylic acids is 1. The molecule has 108 valence electrons. The highest BCUT2D eigenvalue weighted by Gasteiger charge is 2.32. The van der Waals surface area contributed by atoms with Gasteiger partial charge in [-0.2, -0.15) is 0 Å². The quantitative estimate of drug-likeness (QED) is 0.865. The Kier molecular flexibility index (Phi) is 5.05. The van der Waals surface area contributed by atoms with Crippen LogP contribution in [0.2, 0.25) is 5.02 Å². The van der Waals surface area contributed by atoms with Crippen LogP contribution in [0.3, 0.4) is 0 Å². The maximum atomic E-state index is 12.1. The minimum absolute atomic E-state index is 0.00525. The maximum absolute atomic E-state index is 12.1. The zero-order chi connectivity index (χ0) is 14.7. The molecule has 0 aliphatic heterocycles. The zero-order valence-corrected chi connectivity index (χ0v) is 13.1. The fraction of sp³-hybridized carbons (Fsp3) is 0.429. The summed E-state index contributed by atoms with van der Waals surface area (Å²) in [6, 6.07) is 5.05. The Morgan fingerprint density at radius 1 is 1.40 bits per heavy atom. The van der Waals surface area contributed by atoms with E-state index in [0.717, 1.165) is 17.3 Å². The van der Waals surface area contributed by atoms with Gasteiger partial charge in [0.05, 0.1) is 16.5 Å². The summed E-state index contributed by atoms with van der Waals surface area (Å²) in [7, 11) is 0. The summed E-state index contributed by atoms with van der Waals surface area (Å²) in [5, 5.41) is 12.3. The number of carboxylic acid groups (broad SMARTS) is 1. The molecule has 4 nitrogen and oxygen atoms in total. The third kappa shape index (κ3) is 3.52. The van der Waals surface area contributed by atoms with E-state index in [2.05, 4.69) is 21.2 Å². The Bertz CT molecular complexity index is 535. The van der Waals surface area contributed by atoms with Crippen LogP contribution < -0.4 is 5.32 Å².